The Hall–Kier alpha value is -1.37. The number of hydrogen-bond donors (Lipinski definition) is 0. The number of hydrogen-bond acceptors (Lipinski definition) is 1. The quantitative estimate of drug-likeness (QED) is 0.694. The number of benzene rings is 1. The predicted octanol–water partition coefficient (Wildman–Crippen LogP) is 3.00. The molecular weight excluding hydrogens is 172 g/mol. The molecule has 0 heterocycles. The smallest absolute Gasteiger partial charge is 0.134 e. The number of allylic oxidation sites excluding steroid dienone is 2. The van der Waals surface area contributed by atoms with Crippen LogP contribution in [0.1, 0.15) is 30.9 Å². The average Bonchev–Trinajstić information content (AvgIpc) is 2.18. The van der Waals surface area contributed by atoms with Gasteiger partial charge in [-0.05, 0) is 36.5 Å². The average molecular weight is 186 g/mol. The molecule has 14 heavy (non-hydrogen) atoms. The molecule has 0 fully saturated rings. The van der Waals surface area contributed by atoms with Crippen molar-refractivity contribution in [2.75, 3.05) is 0 Å². The van der Waals surface area contributed by atoms with Crippen molar-refractivity contribution in [3.05, 3.63) is 41.5 Å². The zero-order valence-electron chi connectivity index (χ0n) is 8.42. The molecule has 0 radical (unpaired) electrons. The van der Waals surface area contributed by atoms with E-state index in [0.29, 0.717) is 6.42 Å². The van der Waals surface area contributed by atoms with Crippen molar-refractivity contribution in [1.82, 2.24) is 0 Å². The minimum absolute atomic E-state index is 0.243. The van der Waals surface area contributed by atoms with Gasteiger partial charge in [-0.2, -0.15) is 0 Å². The fraction of sp³-hybridized carbons (Fsp3) is 0.308. The van der Waals surface area contributed by atoms with Gasteiger partial charge in [0.15, 0.2) is 0 Å². The van der Waals surface area contributed by atoms with Gasteiger partial charge in [-0.1, -0.05) is 30.3 Å². The van der Waals surface area contributed by atoms with Crippen molar-refractivity contribution < 1.29 is 4.79 Å². The van der Waals surface area contributed by atoms with E-state index < -0.39 is 0 Å². The molecule has 1 heteroatoms. The third kappa shape index (κ3) is 1.77. The van der Waals surface area contributed by atoms with E-state index in [9.17, 15) is 4.79 Å². The van der Waals surface area contributed by atoms with Gasteiger partial charge in [-0.15, -0.1) is 0 Å². The largest absolute Gasteiger partial charge is 0.300 e. The number of carbonyl (C=O) groups excluding carboxylic acids is 1. The highest BCUT2D eigenvalue weighted by molar-refractivity contribution is 5.89. The third-order valence-corrected chi connectivity index (χ3v) is 2.61. The zero-order chi connectivity index (χ0) is 9.97. The van der Waals surface area contributed by atoms with Crippen LogP contribution < -0.4 is 0 Å². The normalized spacial score (nSPS) is 14.5. The minimum Gasteiger partial charge on any atom is -0.300 e. The van der Waals surface area contributed by atoms with Gasteiger partial charge in [-0.3, -0.25) is 4.79 Å². The predicted molar refractivity (Wildman–Crippen MR) is 58.0 cm³/mol. The Balaban J connectivity index is 2.35. The Morgan fingerprint density at radius 1 is 1.36 bits per heavy atom. The Kier molecular flexibility index (Phi) is 2.49. The van der Waals surface area contributed by atoms with Crippen molar-refractivity contribution in [2.45, 2.75) is 26.2 Å². The van der Waals surface area contributed by atoms with Crippen LogP contribution in [-0.4, -0.2) is 5.78 Å². The van der Waals surface area contributed by atoms with Gasteiger partial charge >= 0.3 is 0 Å². The van der Waals surface area contributed by atoms with Crippen LogP contribution >= 0.6 is 0 Å². The lowest BCUT2D eigenvalue weighted by Gasteiger charge is -2.16. The summed E-state index contributed by atoms with van der Waals surface area (Å²) in [5.74, 6) is 0.243. The first-order chi connectivity index (χ1) is 6.77. The second-order valence-electron chi connectivity index (χ2n) is 3.80. The summed E-state index contributed by atoms with van der Waals surface area (Å²) in [5, 5.41) is 0. The number of fused-ring (bicyclic) bond motifs is 1. The van der Waals surface area contributed by atoms with E-state index >= 15 is 0 Å². The van der Waals surface area contributed by atoms with Crippen molar-refractivity contribution in [3.63, 3.8) is 0 Å². The Morgan fingerprint density at radius 2 is 2.14 bits per heavy atom. The molecule has 1 aromatic carbocycles. The number of aryl methyl sites for hydroxylation is 1. The lowest BCUT2D eigenvalue weighted by molar-refractivity contribution is -0.116. The van der Waals surface area contributed by atoms with E-state index in [1.165, 1.54) is 16.7 Å². The molecule has 0 amide bonds. The van der Waals surface area contributed by atoms with E-state index in [2.05, 4.69) is 24.3 Å². The first kappa shape index (κ1) is 9.20. The van der Waals surface area contributed by atoms with Crippen LogP contribution in [0, 0.1) is 0 Å². The van der Waals surface area contributed by atoms with Crippen LogP contribution in [-0.2, 0) is 11.2 Å². The molecule has 1 aromatic rings. The molecule has 0 unspecified atom stereocenters. The zero-order valence-corrected chi connectivity index (χ0v) is 8.42. The van der Waals surface area contributed by atoms with Gasteiger partial charge < -0.3 is 0 Å². The van der Waals surface area contributed by atoms with E-state index in [-0.39, 0.29) is 5.78 Å². The Morgan fingerprint density at radius 3 is 2.93 bits per heavy atom. The first-order valence-corrected chi connectivity index (χ1v) is 5.04. The second kappa shape index (κ2) is 3.79. The highest BCUT2D eigenvalue weighted by Crippen LogP contribution is 2.28. The maximum atomic E-state index is 11.1. The second-order valence-corrected chi connectivity index (χ2v) is 3.80. The highest BCUT2D eigenvalue weighted by Gasteiger charge is 2.12. The molecular formula is C13H14O. The number of Topliss-reactive ketones (excluding diaryl/α,β-unsaturated/α-hetero) is 1. The van der Waals surface area contributed by atoms with Gasteiger partial charge in [0.2, 0.25) is 0 Å². The molecule has 0 atom stereocenters. The van der Waals surface area contributed by atoms with Crippen LogP contribution in [0.2, 0.25) is 0 Å². The van der Waals surface area contributed by atoms with Gasteiger partial charge in [-0.25, -0.2) is 0 Å². The summed E-state index contributed by atoms with van der Waals surface area (Å²) in [7, 11) is 0. The topological polar surface area (TPSA) is 17.1 Å². The maximum Gasteiger partial charge on any atom is 0.134 e. The van der Waals surface area contributed by atoms with E-state index in [0.717, 1.165) is 12.8 Å². The number of rotatable bonds is 2. The van der Waals surface area contributed by atoms with Crippen LogP contribution in [0.3, 0.4) is 0 Å². The number of carbonyl (C=O) groups is 1. The molecule has 0 spiro atoms. The van der Waals surface area contributed by atoms with Crippen molar-refractivity contribution >= 4 is 11.4 Å². The SMILES string of the molecule is CC(=O)CC1=CCCc2ccccc21. The lowest BCUT2D eigenvalue weighted by atomic mass is 9.88. The fourth-order valence-corrected chi connectivity index (χ4v) is 2.00. The number of ketones is 1. The highest BCUT2D eigenvalue weighted by atomic mass is 16.1. The minimum atomic E-state index is 0.243. The van der Waals surface area contributed by atoms with Crippen LogP contribution in [0.5, 0.6) is 0 Å². The third-order valence-electron chi connectivity index (χ3n) is 2.61. The molecule has 1 aliphatic rings. The van der Waals surface area contributed by atoms with Crippen LogP contribution in [0.15, 0.2) is 30.3 Å². The van der Waals surface area contributed by atoms with Crippen LogP contribution in [0.25, 0.3) is 5.57 Å². The van der Waals surface area contributed by atoms with Gasteiger partial charge in [0.05, 0.1) is 0 Å². The lowest BCUT2D eigenvalue weighted by Crippen LogP contribution is -2.02. The first-order valence-electron chi connectivity index (χ1n) is 5.04. The monoisotopic (exact) mass is 186 g/mol. The Labute approximate surface area is 84.5 Å². The summed E-state index contributed by atoms with van der Waals surface area (Å²) in [5.41, 5.74) is 3.86. The molecule has 0 N–H and O–H groups in total. The molecule has 1 aliphatic carbocycles. The summed E-state index contributed by atoms with van der Waals surface area (Å²) >= 11 is 0. The molecule has 72 valence electrons. The molecule has 0 saturated carbocycles. The summed E-state index contributed by atoms with van der Waals surface area (Å²) in [6.45, 7) is 1.65. The van der Waals surface area contributed by atoms with E-state index in [1.807, 2.05) is 6.07 Å². The summed E-state index contributed by atoms with van der Waals surface area (Å²) in [6.07, 6.45) is 4.96. The summed E-state index contributed by atoms with van der Waals surface area (Å²) in [6, 6.07) is 8.37. The standard InChI is InChI=1S/C13H14O/c1-10(14)9-12-7-4-6-11-5-2-3-8-13(11)12/h2-3,5,7-8H,4,6,9H2,1H3. The van der Waals surface area contributed by atoms with Gasteiger partial charge in [0.25, 0.3) is 0 Å². The summed E-state index contributed by atoms with van der Waals surface area (Å²) < 4.78 is 0. The van der Waals surface area contributed by atoms with Crippen molar-refractivity contribution in [2.24, 2.45) is 0 Å². The van der Waals surface area contributed by atoms with Crippen LogP contribution in [0.4, 0.5) is 0 Å². The molecule has 2 rings (SSSR count). The molecule has 0 aliphatic heterocycles. The molecule has 0 bridgehead atoms. The molecule has 0 saturated heterocycles. The van der Waals surface area contributed by atoms with Gasteiger partial charge in [0.1, 0.15) is 5.78 Å². The molecule has 0 aromatic heterocycles. The van der Waals surface area contributed by atoms with Crippen molar-refractivity contribution in [1.29, 1.82) is 0 Å². The maximum absolute atomic E-state index is 11.1. The fourth-order valence-electron chi connectivity index (χ4n) is 2.00. The van der Waals surface area contributed by atoms with E-state index in [4.69, 9.17) is 0 Å². The Bertz CT molecular complexity index is 388. The van der Waals surface area contributed by atoms with Crippen molar-refractivity contribution in [3.8, 4) is 0 Å². The molecule has 1 nitrogen and oxygen atoms in total. The van der Waals surface area contributed by atoms with Gasteiger partial charge in [0, 0.05) is 6.42 Å². The van der Waals surface area contributed by atoms with E-state index in [1.54, 1.807) is 6.92 Å². The summed E-state index contributed by atoms with van der Waals surface area (Å²) in [4.78, 5) is 11.1.